The van der Waals surface area contributed by atoms with Gasteiger partial charge in [-0.2, -0.15) is 0 Å². The first-order chi connectivity index (χ1) is 8.33. The van der Waals surface area contributed by atoms with Crippen LogP contribution in [-0.4, -0.2) is 25.9 Å². The highest BCUT2D eigenvalue weighted by Gasteiger charge is 2.19. The molecule has 17 heavy (non-hydrogen) atoms. The topological polar surface area (TPSA) is 27.7 Å². The van der Waals surface area contributed by atoms with Gasteiger partial charge in [0.15, 0.2) is 11.5 Å². The van der Waals surface area contributed by atoms with Gasteiger partial charge in [0.25, 0.3) is 0 Å². The van der Waals surface area contributed by atoms with Crippen molar-refractivity contribution in [3.05, 3.63) is 23.8 Å². The Bertz CT molecular complexity index is 362. The standard InChI is InChI=1S/C13H17BrO3/c1-2-16-13-7-10(8-14)3-4-12(13)17-11-5-6-15-9-11/h3-4,7,11H,2,5-6,8-9H2,1H3. The molecule has 0 radical (unpaired) electrons. The molecule has 4 heteroatoms. The summed E-state index contributed by atoms with van der Waals surface area (Å²) in [6.07, 6.45) is 1.11. The van der Waals surface area contributed by atoms with Gasteiger partial charge in [0.2, 0.25) is 0 Å². The van der Waals surface area contributed by atoms with Gasteiger partial charge in [-0.25, -0.2) is 0 Å². The Kier molecular flexibility index (Phi) is 4.68. The Morgan fingerprint density at radius 3 is 2.94 bits per heavy atom. The first-order valence-electron chi connectivity index (χ1n) is 5.89. The fourth-order valence-electron chi connectivity index (χ4n) is 1.79. The van der Waals surface area contributed by atoms with Crippen molar-refractivity contribution >= 4 is 15.9 Å². The molecule has 0 aromatic heterocycles. The maximum absolute atomic E-state index is 5.89. The molecule has 0 spiro atoms. The second kappa shape index (κ2) is 6.26. The Morgan fingerprint density at radius 2 is 2.29 bits per heavy atom. The zero-order chi connectivity index (χ0) is 12.1. The summed E-state index contributed by atoms with van der Waals surface area (Å²) in [5, 5.41) is 0.819. The van der Waals surface area contributed by atoms with Crippen LogP contribution in [0, 0.1) is 0 Å². The third-order valence-corrected chi connectivity index (χ3v) is 3.29. The molecule has 1 aliphatic heterocycles. The molecule has 1 heterocycles. The minimum Gasteiger partial charge on any atom is -0.490 e. The summed E-state index contributed by atoms with van der Waals surface area (Å²) in [4.78, 5) is 0. The molecule has 1 saturated heterocycles. The molecule has 1 atom stereocenters. The number of benzene rings is 1. The zero-order valence-corrected chi connectivity index (χ0v) is 11.5. The highest BCUT2D eigenvalue weighted by Crippen LogP contribution is 2.31. The van der Waals surface area contributed by atoms with Gasteiger partial charge in [-0.3, -0.25) is 0 Å². The van der Waals surface area contributed by atoms with Crippen LogP contribution < -0.4 is 9.47 Å². The summed E-state index contributed by atoms with van der Waals surface area (Å²) in [7, 11) is 0. The molecule has 1 aromatic carbocycles. The Morgan fingerprint density at radius 1 is 1.41 bits per heavy atom. The van der Waals surface area contributed by atoms with Crippen LogP contribution in [0.25, 0.3) is 0 Å². The lowest BCUT2D eigenvalue weighted by Gasteiger charge is -2.16. The van der Waals surface area contributed by atoms with E-state index in [0.29, 0.717) is 13.2 Å². The average Bonchev–Trinajstić information content (AvgIpc) is 2.84. The fourth-order valence-corrected chi connectivity index (χ4v) is 2.14. The summed E-state index contributed by atoms with van der Waals surface area (Å²) in [6.45, 7) is 4.08. The highest BCUT2D eigenvalue weighted by molar-refractivity contribution is 9.08. The lowest BCUT2D eigenvalue weighted by molar-refractivity contribution is 0.138. The first-order valence-corrected chi connectivity index (χ1v) is 7.01. The summed E-state index contributed by atoms with van der Waals surface area (Å²) < 4.78 is 16.8. The van der Waals surface area contributed by atoms with Crippen LogP contribution in [0.15, 0.2) is 18.2 Å². The Labute approximate surface area is 110 Å². The molecular formula is C13H17BrO3. The van der Waals surface area contributed by atoms with Crippen molar-refractivity contribution in [3.8, 4) is 11.5 Å². The first kappa shape index (κ1) is 12.7. The second-order valence-electron chi connectivity index (χ2n) is 3.95. The van der Waals surface area contributed by atoms with Crippen LogP contribution in [0.5, 0.6) is 11.5 Å². The van der Waals surface area contributed by atoms with Gasteiger partial charge >= 0.3 is 0 Å². The number of rotatable bonds is 5. The van der Waals surface area contributed by atoms with E-state index in [1.165, 1.54) is 5.56 Å². The molecule has 2 rings (SSSR count). The van der Waals surface area contributed by atoms with Crippen molar-refractivity contribution in [3.63, 3.8) is 0 Å². The van der Waals surface area contributed by atoms with Crippen molar-refractivity contribution in [2.24, 2.45) is 0 Å². The minimum absolute atomic E-state index is 0.157. The number of ether oxygens (including phenoxy) is 3. The number of halogens is 1. The zero-order valence-electron chi connectivity index (χ0n) is 9.95. The molecule has 1 fully saturated rings. The molecule has 1 unspecified atom stereocenters. The predicted molar refractivity (Wildman–Crippen MR) is 70.1 cm³/mol. The van der Waals surface area contributed by atoms with E-state index in [1.807, 2.05) is 25.1 Å². The normalized spacial score (nSPS) is 19.3. The third-order valence-electron chi connectivity index (χ3n) is 2.64. The van der Waals surface area contributed by atoms with E-state index in [2.05, 4.69) is 15.9 Å². The molecule has 0 N–H and O–H groups in total. The molecular weight excluding hydrogens is 284 g/mol. The smallest absolute Gasteiger partial charge is 0.161 e. The van der Waals surface area contributed by atoms with Gasteiger partial charge in [-0.05, 0) is 24.6 Å². The molecule has 0 saturated carbocycles. The molecule has 1 aromatic rings. The van der Waals surface area contributed by atoms with Crippen LogP contribution in [0.1, 0.15) is 18.9 Å². The van der Waals surface area contributed by atoms with Crippen LogP contribution in [0.4, 0.5) is 0 Å². The summed E-state index contributed by atoms with van der Waals surface area (Å²) in [5.74, 6) is 1.63. The largest absolute Gasteiger partial charge is 0.490 e. The maximum Gasteiger partial charge on any atom is 0.161 e. The summed E-state index contributed by atoms with van der Waals surface area (Å²) in [6, 6.07) is 6.03. The number of hydrogen-bond donors (Lipinski definition) is 0. The van der Waals surface area contributed by atoms with Gasteiger partial charge in [0.05, 0.1) is 19.8 Å². The average molecular weight is 301 g/mol. The molecule has 1 aliphatic rings. The van der Waals surface area contributed by atoms with Gasteiger partial charge in [-0.1, -0.05) is 22.0 Å². The SMILES string of the molecule is CCOc1cc(CBr)ccc1OC1CCOC1. The van der Waals surface area contributed by atoms with Gasteiger partial charge in [0.1, 0.15) is 6.10 Å². The third kappa shape index (κ3) is 3.36. The van der Waals surface area contributed by atoms with Crippen molar-refractivity contribution < 1.29 is 14.2 Å². The van der Waals surface area contributed by atoms with Crippen molar-refractivity contribution in [1.29, 1.82) is 0 Å². The van der Waals surface area contributed by atoms with Crippen LogP contribution in [-0.2, 0) is 10.1 Å². The van der Waals surface area contributed by atoms with E-state index < -0.39 is 0 Å². The Hall–Kier alpha value is -0.740. The second-order valence-corrected chi connectivity index (χ2v) is 4.51. The molecule has 3 nitrogen and oxygen atoms in total. The lowest BCUT2D eigenvalue weighted by Crippen LogP contribution is -2.16. The maximum atomic E-state index is 5.89. The summed E-state index contributed by atoms with van der Waals surface area (Å²) >= 11 is 3.44. The van der Waals surface area contributed by atoms with E-state index in [-0.39, 0.29) is 6.10 Å². The van der Waals surface area contributed by atoms with Gasteiger partial charge in [-0.15, -0.1) is 0 Å². The van der Waals surface area contributed by atoms with Gasteiger partial charge in [0, 0.05) is 11.8 Å². The van der Waals surface area contributed by atoms with E-state index in [9.17, 15) is 0 Å². The van der Waals surface area contributed by atoms with Crippen LogP contribution >= 0.6 is 15.9 Å². The predicted octanol–water partition coefficient (Wildman–Crippen LogP) is 3.15. The molecule has 0 bridgehead atoms. The molecule has 0 aliphatic carbocycles. The number of alkyl halides is 1. The van der Waals surface area contributed by atoms with Crippen LogP contribution in [0.3, 0.4) is 0 Å². The van der Waals surface area contributed by atoms with Gasteiger partial charge < -0.3 is 14.2 Å². The van der Waals surface area contributed by atoms with E-state index in [0.717, 1.165) is 29.9 Å². The molecule has 0 amide bonds. The quantitative estimate of drug-likeness (QED) is 0.782. The molecule has 94 valence electrons. The summed E-state index contributed by atoms with van der Waals surface area (Å²) in [5.41, 5.74) is 1.18. The fraction of sp³-hybridized carbons (Fsp3) is 0.538. The van der Waals surface area contributed by atoms with E-state index in [1.54, 1.807) is 0 Å². The van der Waals surface area contributed by atoms with Crippen molar-refractivity contribution in [1.82, 2.24) is 0 Å². The van der Waals surface area contributed by atoms with Crippen molar-refractivity contribution in [2.75, 3.05) is 19.8 Å². The minimum atomic E-state index is 0.157. The van der Waals surface area contributed by atoms with E-state index >= 15 is 0 Å². The van der Waals surface area contributed by atoms with Crippen molar-refractivity contribution in [2.45, 2.75) is 24.8 Å². The monoisotopic (exact) mass is 300 g/mol. The highest BCUT2D eigenvalue weighted by atomic mass is 79.9. The number of hydrogen-bond acceptors (Lipinski definition) is 3. The van der Waals surface area contributed by atoms with Crippen LogP contribution in [0.2, 0.25) is 0 Å². The lowest BCUT2D eigenvalue weighted by atomic mass is 10.2. The Balaban J connectivity index is 2.12. The van der Waals surface area contributed by atoms with E-state index in [4.69, 9.17) is 14.2 Å².